The van der Waals surface area contributed by atoms with Gasteiger partial charge in [0.25, 0.3) is 5.91 Å². The van der Waals surface area contributed by atoms with Gasteiger partial charge in [-0.2, -0.15) is 11.3 Å². The molecule has 0 aliphatic rings. The van der Waals surface area contributed by atoms with Crippen LogP contribution in [0.25, 0.3) is 11.3 Å². The largest absolute Gasteiger partial charge is 0.321 e. The average Bonchev–Trinajstić information content (AvgIpc) is 3.10. The number of nitrogens with zero attached hydrogens (tertiary/aromatic N) is 1. The summed E-state index contributed by atoms with van der Waals surface area (Å²) < 4.78 is 0. The van der Waals surface area contributed by atoms with Crippen LogP contribution in [0.5, 0.6) is 0 Å². The molecular weight excluding hydrogens is 288 g/mol. The lowest BCUT2D eigenvalue weighted by Gasteiger charge is -2.08. The molecule has 0 aliphatic carbocycles. The molecule has 0 spiro atoms. The van der Waals surface area contributed by atoms with Gasteiger partial charge in [0.05, 0.1) is 22.0 Å². The Kier molecular flexibility index (Phi) is 3.62. The maximum absolute atomic E-state index is 12.1. The number of thiophene rings is 1. The number of rotatable bonds is 3. The number of para-hydroxylation sites is 1. The van der Waals surface area contributed by atoms with Crippen molar-refractivity contribution in [1.29, 1.82) is 0 Å². The van der Waals surface area contributed by atoms with Gasteiger partial charge in [-0.25, -0.2) is 4.98 Å². The molecule has 5 heteroatoms. The molecular formula is C15H12N2OS2. The van der Waals surface area contributed by atoms with E-state index in [1.165, 1.54) is 11.3 Å². The standard InChI is InChI=1S/C15H12N2OS2/c1-10-16-14(9-20-10)12-4-2-3-5-13(12)17-15(18)11-6-7-19-8-11/h2-9H,1H3,(H,17,18). The van der Waals surface area contributed by atoms with Crippen LogP contribution in [-0.4, -0.2) is 10.9 Å². The lowest BCUT2D eigenvalue weighted by atomic mass is 10.1. The summed E-state index contributed by atoms with van der Waals surface area (Å²) >= 11 is 3.11. The van der Waals surface area contributed by atoms with E-state index in [1.54, 1.807) is 11.3 Å². The third kappa shape index (κ3) is 2.64. The fourth-order valence-corrected chi connectivity index (χ4v) is 3.14. The second-order valence-corrected chi connectivity index (χ2v) is 6.11. The smallest absolute Gasteiger partial charge is 0.256 e. The van der Waals surface area contributed by atoms with Gasteiger partial charge < -0.3 is 5.32 Å². The van der Waals surface area contributed by atoms with Gasteiger partial charge >= 0.3 is 0 Å². The number of hydrogen-bond donors (Lipinski definition) is 1. The average molecular weight is 300 g/mol. The van der Waals surface area contributed by atoms with Crippen LogP contribution in [-0.2, 0) is 0 Å². The molecule has 0 unspecified atom stereocenters. The Hall–Kier alpha value is -1.98. The minimum absolute atomic E-state index is 0.0920. The Morgan fingerprint density at radius 2 is 2.05 bits per heavy atom. The van der Waals surface area contributed by atoms with E-state index >= 15 is 0 Å². The number of aromatic nitrogens is 1. The van der Waals surface area contributed by atoms with Gasteiger partial charge in [-0.3, -0.25) is 4.79 Å². The summed E-state index contributed by atoms with van der Waals surface area (Å²) in [6, 6.07) is 9.54. The minimum atomic E-state index is -0.0920. The number of amides is 1. The zero-order chi connectivity index (χ0) is 13.9. The van der Waals surface area contributed by atoms with Gasteiger partial charge in [0.2, 0.25) is 0 Å². The Balaban J connectivity index is 1.92. The Morgan fingerprint density at radius 3 is 2.75 bits per heavy atom. The van der Waals surface area contributed by atoms with Crippen molar-refractivity contribution >= 4 is 34.3 Å². The lowest BCUT2D eigenvalue weighted by Crippen LogP contribution is -2.11. The molecule has 3 nitrogen and oxygen atoms in total. The maximum atomic E-state index is 12.1. The fraction of sp³-hybridized carbons (Fsp3) is 0.0667. The highest BCUT2D eigenvalue weighted by atomic mass is 32.1. The molecule has 1 aromatic carbocycles. The second kappa shape index (κ2) is 5.56. The fourth-order valence-electron chi connectivity index (χ4n) is 1.89. The molecule has 0 radical (unpaired) electrons. The minimum Gasteiger partial charge on any atom is -0.321 e. The predicted molar refractivity (Wildman–Crippen MR) is 84.6 cm³/mol. The van der Waals surface area contributed by atoms with E-state index in [4.69, 9.17) is 0 Å². The molecule has 0 saturated heterocycles. The third-order valence-electron chi connectivity index (χ3n) is 2.85. The van der Waals surface area contributed by atoms with Crippen molar-refractivity contribution in [2.24, 2.45) is 0 Å². The van der Waals surface area contributed by atoms with Crippen LogP contribution < -0.4 is 5.32 Å². The van der Waals surface area contributed by atoms with Crippen molar-refractivity contribution in [3.63, 3.8) is 0 Å². The number of carbonyl (C=O) groups is 1. The topological polar surface area (TPSA) is 42.0 Å². The van der Waals surface area contributed by atoms with Crippen molar-refractivity contribution in [3.05, 3.63) is 57.0 Å². The van der Waals surface area contributed by atoms with Gasteiger partial charge in [0, 0.05) is 16.3 Å². The van der Waals surface area contributed by atoms with Crippen molar-refractivity contribution in [3.8, 4) is 11.3 Å². The van der Waals surface area contributed by atoms with Gasteiger partial charge in [-0.1, -0.05) is 18.2 Å². The first-order chi connectivity index (χ1) is 9.74. The number of thiazole rings is 1. The van der Waals surface area contributed by atoms with E-state index in [0.717, 1.165) is 22.0 Å². The first kappa shape index (κ1) is 13.0. The van der Waals surface area contributed by atoms with Crippen molar-refractivity contribution in [2.45, 2.75) is 6.92 Å². The highest BCUT2D eigenvalue weighted by Gasteiger charge is 2.11. The van der Waals surface area contributed by atoms with Crippen LogP contribution >= 0.6 is 22.7 Å². The molecule has 2 aromatic heterocycles. The first-order valence-corrected chi connectivity index (χ1v) is 7.91. The van der Waals surface area contributed by atoms with Gasteiger partial charge in [0.15, 0.2) is 0 Å². The number of hydrogen-bond acceptors (Lipinski definition) is 4. The van der Waals surface area contributed by atoms with Crippen LogP contribution in [0.2, 0.25) is 0 Å². The van der Waals surface area contributed by atoms with Crippen molar-refractivity contribution < 1.29 is 4.79 Å². The highest BCUT2D eigenvalue weighted by Crippen LogP contribution is 2.29. The zero-order valence-electron chi connectivity index (χ0n) is 10.8. The van der Waals surface area contributed by atoms with Gasteiger partial charge in [-0.15, -0.1) is 11.3 Å². The number of nitrogens with one attached hydrogen (secondary N) is 1. The summed E-state index contributed by atoms with van der Waals surface area (Å²) in [5.41, 5.74) is 3.31. The molecule has 0 bridgehead atoms. The molecule has 2 heterocycles. The van der Waals surface area contributed by atoms with E-state index in [9.17, 15) is 4.79 Å². The summed E-state index contributed by atoms with van der Waals surface area (Å²) in [5, 5.41) is 9.70. The molecule has 1 N–H and O–H groups in total. The summed E-state index contributed by atoms with van der Waals surface area (Å²) in [7, 11) is 0. The molecule has 0 saturated carbocycles. The maximum Gasteiger partial charge on any atom is 0.256 e. The summed E-state index contributed by atoms with van der Waals surface area (Å²) in [6.07, 6.45) is 0. The van der Waals surface area contributed by atoms with Gasteiger partial charge in [0.1, 0.15) is 0 Å². The summed E-state index contributed by atoms with van der Waals surface area (Å²) in [5.74, 6) is -0.0920. The predicted octanol–water partition coefficient (Wildman–Crippen LogP) is 4.43. The monoisotopic (exact) mass is 300 g/mol. The molecule has 0 fully saturated rings. The van der Waals surface area contributed by atoms with E-state index in [-0.39, 0.29) is 5.91 Å². The number of anilines is 1. The molecule has 3 aromatic rings. The molecule has 20 heavy (non-hydrogen) atoms. The quantitative estimate of drug-likeness (QED) is 0.777. The van der Waals surface area contributed by atoms with Crippen molar-refractivity contribution in [2.75, 3.05) is 5.32 Å². The van der Waals surface area contributed by atoms with E-state index in [1.807, 2.05) is 53.4 Å². The molecule has 1 amide bonds. The van der Waals surface area contributed by atoms with Crippen LogP contribution in [0, 0.1) is 6.92 Å². The Bertz CT molecular complexity index is 732. The summed E-state index contributed by atoms with van der Waals surface area (Å²) in [6.45, 7) is 1.97. The van der Waals surface area contributed by atoms with Gasteiger partial charge in [-0.05, 0) is 24.4 Å². The molecule has 0 aliphatic heterocycles. The van der Waals surface area contributed by atoms with E-state index in [2.05, 4.69) is 10.3 Å². The number of carbonyl (C=O) groups excluding carboxylic acids is 1. The van der Waals surface area contributed by atoms with Crippen LogP contribution in [0.1, 0.15) is 15.4 Å². The first-order valence-electron chi connectivity index (χ1n) is 6.09. The Morgan fingerprint density at radius 1 is 1.20 bits per heavy atom. The molecule has 3 rings (SSSR count). The van der Waals surface area contributed by atoms with E-state index in [0.29, 0.717) is 5.56 Å². The second-order valence-electron chi connectivity index (χ2n) is 4.26. The Labute approximate surface area is 124 Å². The van der Waals surface area contributed by atoms with E-state index < -0.39 is 0 Å². The molecule has 0 atom stereocenters. The van der Waals surface area contributed by atoms with Crippen LogP contribution in [0.4, 0.5) is 5.69 Å². The normalized spacial score (nSPS) is 10.4. The summed E-state index contributed by atoms with van der Waals surface area (Å²) in [4.78, 5) is 16.6. The SMILES string of the molecule is Cc1nc(-c2ccccc2NC(=O)c2ccsc2)cs1. The lowest BCUT2D eigenvalue weighted by molar-refractivity contribution is 0.102. The van der Waals surface area contributed by atoms with Crippen molar-refractivity contribution in [1.82, 2.24) is 4.98 Å². The number of aryl methyl sites for hydroxylation is 1. The molecule has 100 valence electrons. The zero-order valence-corrected chi connectivity index (χ0v) is 12.4. The third-order valence-corrected chi connectivity index (χ3v) is 4.31. The number of benzene rings is 1. The van der Waals surface area contributed by atoms with Crippen LogP contribution in [0.15, 0.2) is 46.5 Å². The van der Waals surface area contributed by atoms with Crippen LogP contribution in [0.3, 0.4) is 0 Å². The highest BCUT2D eigenvalue weighted by molar-refractivity contribution is 7.09.